The van der Waals surface area contributed by atoms with E-state index in [0.29, 0.717) is 0 Å². The van der Waals surface area contributed by atoms with E-state index in [1.165, 1.54) is 76.5 Å². The average Bonchev–Trinajstić information content (AvgIpc) is 3.07. The maximum absolute atomic E-state index is 6.59. The third-order valence-corrected chi connectivity index (χ3v) is 9.54. The van der Waals surface area contributed by atoms with E-state index in [0.717, 1.165) is 5.46 Å². The van der Waals surface area contributed by atoms with E-state index >= 15 is 0 Å². The maximum Gasteiger partial charge on any atom is 0.113 e. The first-order valence-electron chi connectivity index (χ1n) is 15.0. The molecule has 0 saturated heterocycles. The molecule has 0 N–H and O–H groups in total. The first kappa shape index (κ1) is 24.5. The Morgan fingerprint density at radius 2 is 0.791 bits per heavy atom. The summed E-state index contributed by atoms with van der Waals surface area (Å²) in [4.78, 5) is 0. The number of hydrogen-bond acceptors (Lipinski definition) is 0. The van der Waals surface area contributed by atoms with Gasteiger partial charge in [-0.15, -0.1) is 0 Å². The smallest absolute Gasteiger partial charge is 0.0963 e. The van der Waals surface area contributed by atoms with Crippen molar-refractivity contribution in [2.75, 3.05) is 0 Å². The topological polar surface area (TPSA) is 0 Å². The maximum atomic E-state index is 6.59. The van der Waals surface area contributed by atoms with Gasteiger partial charge in [-0.05, 0) is 76.5 Å². The largest absolute Gasteiger partial charge is 0.113 e. The van der Waals surface area contributed by atoms with Crippen molar-refractivity contribution >= 4 is 56.4 Å². The van der Waals surface area contributed by atoms with Crippen LogP contribution in [0.15, 0.2) is 152 Å². The highest BCUT2D eigenvalue weighted by molar-refractivity contribution is 6.32. The van der Waals surface area contributed by atoms with Gasteiger partial charge in [0.05, 0.1) is 0 Å². The number of benzene rings is 8. The molecule has 0 aromatic heterocycles. The summed E-state index contributed by atoms with van der Waals surface area (Å²) < 4.78 is 0. The highest BCUT2D eigenvalue weighted by Gasteiger charge is 2.37. The van der Waals surface area contributed by atoms with Crippen LogP contribution in [0, 0.1) is 0 Å². The van der Waals surface area contributed by atoms with Gasteiger partial charge in [0.1, 0.15) is 7.85 Å². The van der Waals surface area contributed by atoms with Crippen molar-refractivity contribution in [3.63, 3.8) is 0 Å². The van der Waals surface area contributed by atoms with E-state index in [-0.39, 0.29) is 11.8 Å². The third kappa shape index (κ3) is 3.71. The Hall–Kier alpha value is -5.14. The van der Waals surface area contributed by atoms with Crippen LogP contribution in [0.3, 0.4) is 0 Å². The number of rotatable bonds is 2. The lowest BCUT2D eigenvalue weighted by Gasteiger charge is -2.37. The molecule has 198 valence electrons. The van der Waals surface area contributed by atoms with Gasteiger partial charge in [0.2, 0.25) is 0 Å². The summed E-state index contributed by atoms with van der Waals surface area (Å²) in [5.41, 5.74) is 8.82. The molecule has 2 atom stereocenters. The predicted molar refractivity (Wildman–Crippen MR) is 183 cm³/mol. The normalized spacial score (nSPS) is 16.0. The van der Waals surface area contributed by atoms with Crippen LogP contribution in [-0.4, -0.2) is 7.85 Å². The Morgan fingerprint density at radius 3 is 1.33 bits per heavy atom. The highest BCUT2D eigenvalue weighted by Crippen LogP contribution is 2.53. The SMILES string of the molecule is [B]c1ccc2c(c1)C(c1ccc3ccccc3c1)c1c(c3ccccc3c3ccccc13)C2c1ccc2ccccc2c1. The molecule has 0 spiro atoms. The molecular formula is C42H27B. The van der Waals surface area contributed by atoms with Crippen LogP contribution in [-0.2, 0) is 0 Å². The van der Waals surface area contributed by atoms with Crippen molar-refractivity contribution in [1.29, 1.82) is 0 Å². The van der Waals surface area contributed by atoms with Crippen molar-refractivity contribution in [2.24, 2.45) is 0 Å². The Bertz CT molecular complexity index is 2380. The zero-order valence-corrected chi connectivity index (χ0v) is 23.7. The summed E-state index contributed by atoms with van der Waals surface area (Å²) in [6.07, 6.45) is 0. The minimum Gasteiger partial charge on any atom is -0.0963 e. The molecule has 0 bridgehead atoms. The third-order valence-electron chi connectivity index (χ3n) is 9.54. The van der Waals surface area contributed by atoms with Crippen molar-refractivity contribution in [1.82, 2.24) is 0 Å². The molecule has 2 unspecified atom stereocenters. The fourth-order valence-electron chi connectivity index (χ4n) is 7.70. The lowest BCUT2D eigenvalue weighted by Crippen LogP contribution is -2.23. The summed E-state index contributed by atoms with van der Waals surface area (Å²) >= 11 is 0. The standard InChI is InChI=1S/C42H27B/c43-32-21-22-37-38(25-32)40(31-20-18-27-10-2-4-12-29(27)24-31)42-36-16-8-6-14-34(36)33-13-5-7-15-35(33)41(42)39(37)30-19-17-26-9-1-3-11-28(26)23-30/h1-25,39-40H. The minimum absolute atomic E-state index is 0.0457. The molecule has 43 heavy (non-hydrogen) atoms. The molecule has 1 heteroatoms. The second-order valence-electron chi connectivity index (χ2n) is 11.9. The van der Waals surface area contributed by atoms with Crippen LogP contribution in [0.1, 0.15) is 45.2 Å². The molecule has 0 fully saturated rings. The lowest BCUT2D eigenvalue weighted by atomic mass is 9.65. The molecule has 0 saturated carbocycles. The Morgan fingerprint density at radius 1 is 0.349 bits per heavy atom. The van der Waals surface area contributed by atoms with E-state index < -0.39 is 0 Å². The number of fused-ring (bicyclic) bond motifs is 9. The van der Waals surface area contributed by atoms with Gasteiger partial charge in [-0.1, -0.05) is 157 Å². The summed E-state index contributed by atoms with van der Waals surface area (Å²) in [7, 11) is 6.59. The highest BCUT2D eigenvalue weighted by atomic mass is 14.4. The van der Waals surface area contributed by atoms with Gasteiger partial charge in [0.15, 0.2) is 0 Å². The Kier molecular flexibility index (Phi) is 5.37. The van der Waals surface area contributed by atoms with Crippen LogP contribution in [0.5, 0.6) is 0 Å². The van der Waals surface area contributed by atoms with Crippen LogP contribution < -0.4 is 5.46 Å². The second kappa shape index (κ2) is 9.44. The molecule has 8 aromatic carbocycles. The first-order valence-corrected chi connectivity index (χ1v) is 15.0. The van der Waals surface area contributed by atoms with Gasteiger partial charge >= 0.3 is 0 Å². The van der Waals surface area contributed by atoms with Crippen LogP contribution >= 0.6 is 0 Å². The van der Waals surface area contributed by atoms with Gasteiger partial charge in [-0.25, -0.2) is 0 Å². The first-order chi connectivity index (χ1) is 21.2. The predicted octanol–water partition coefficient (Wildman–Crippen LogP) is 9.77. The van der Waals surface area contributed by atoms with Crippen molar-refractivity contribution in [2.45, 2.75) is 11.8 Å². The molecule has 0 heterocycles. The van der Waals surface area contributed by atoms with E-state index in [1.54, 1.807) is 0 Å². The van der Waals surface area contributed by atoms with Crippen molar-refractivity contribution in [3.05, 3.63) is 185 Å². The van der Waals surface area contributed by atoms with Crippen molar-refractivity contribution in [3.8, 4) is 0 Å². The molecule has 8 aromatic rings. The van der Waals surface area contributed by atoms with Gasteiger partial charge in [-0.3, -0.25) is 0 Å². The van der Waals surface area contributed by atoms with E-state index in [1.807, 2.05) is 0 Å². The van der Waals surface area contributed by atoms with Crippen LogP contribution in [0.25, 0.3) is 43.1 Å². The molecule has 9 rings (SSSR count). The Labute approximate surface area is 252 Å². The molecule has 0 amide bonds. The minimum atomic E-state index is 0.0457. The average molecular weight is 542 g/mol. The quantitative estimate of drug-likeness (QED) is 0.151. The zero-order valence-electron chi connectivity index (χ0n) is 23.7. The molecule has 2 radical (unpaired) electrons. The number of hydrogen-bond donors (Lipinski definition) is 0. The molecule has 1 aliphatic rings. The van der Waals surface area contributed by atoms with E-state index in [4.69, 9.17) is 7.85 Å². The monoisotopic (exact) mass is 542 g/mol. The lowest BCUT2D eigenvalue weighted by molar-refractivity contribution is 0.840. The van der Waals surface area contributed by atoms with E-state index in [2.05, 4.69) is 152 Å². The summed E-state index contributed by atoms with van der Waals surface area (Å²) in [6.45, 7) is 0. The van der Waals surface area contributed by atoms with Crippen molar-refractivity contribution < 1.29 is 0 Å². The summed E-state index contributed by atoms with van der Waals surface area (Å²) in [6, 6.07) is 55.9. The fraction of sp³-hybridized carbons (Fsp3) is 0.0476. The molecule has 1 aliphatic carbocycles. The zero-order chi connectivity index (χ0) is 28.5. The van der Waals surface area contributed by atoms with Crippen LogP contribution in [0.4, 0.5) is 0 Å². The molecular weight excluding hydrogens is 515 g/mol. The van der Waals surface area contributed by atoms with Crippen LogP contribution in [0.2, 0.25) is 0 Å². The fourth-order valence-corrected chi connectivity index (χ4v) is 7.70. The van der Waals surface area contributed by atoms with Gasteiger partial charge in [0, 0.05) is 11.8 Å². The second-order valence-corrected chi connectivity index (χ2v) is 11.9. The van der Waals surface area contributed by atoms with Gasteiger partial charge in [-0.2, -0.15) is 0 Å². The van der Waals surface area contributed by atoms with E-state index in [9.17, 15) is 0 Å². The molecule has 0 nitrogen and oxygen atoms in total. The molecule has 0 aliphatic heterocycles. The van der Waals surface area contributed by atoms with Gasteiger partial charge in [0.25, 0.3) is 0 Å². The van der Waals surface area contributed by atoms with Gasteiger partial charge < -0.3 is 0 Å². The summed E-state index contributed by atoms with van der Waals surface area (Å²) in [5, 5.41) is 10.3. The Balaban J connectivity index is 1.46. The summed E-state index contributed by atoms with van der Waals surface area (Å²) in [5.74, 6) is 0.116.